The Bertz CT molecular complexity index is 1010. The average Bonchev–Trinajstić information content (AvgIpc) is 2.78. The fraction of sp³-hybridized carbons (Fsp3) is 0.222. The molecule has 0 saturated carbocycles. The van der Waals surface area contributed by atoms with E-state index in [9.17, 15) is 9.50 Å². The van der Waals surface area contributed by atoms with Gasteiger partial charge in [0.1, 0.15) is 18.2 Å². The number of halogens is 1. The van der Waals surface area contributed by atoms with Crippen LogP contribution in [0.2, 0.25) is 0 Å². The Morgan fingerprint density at radius 1 is 1.10 bits per heavy atom. The number of unbranched alkanes of at least 4 members (excludes halogenated alkanes) is 1. The molecule has 4 heteroatoms. The van der Waals surface area contributed by atoms with Crippen molar-refractivity contribution >= 4 is 6.08 Å². The molecule has 0 saturated heterocycles. The molecule has 0 aliphatic carbocycles. The second-order valence-corrected chi connectivity index (χ2v) is 7.48. The summed E-state index contributed by atoms with van der Waals surface area (Å²) in [5, 5.41) is 9.28. The maximum atomic E-state index is 14.5. The van der Waals surface area contributed by atoms with Crippen LogP contribution in [0.25, 0.3) is 28.5 Å². The minimum atomic E-state index is -0.322. The SMILES string of the molecule is C=CCOc1ccc(-c2ccc(-c3ccc(C=CCCCC(C)O)cn3)cc2)c(F)c1. The molecular weight excluding hydrogens is 389 g/mol. The van der Waals surface area contributed by atoms with Crippen molar-refractivity contribution in [3.05, 3.63) is 90.9 Å². The van der Waals surface area contributed by atoms with Gasteiger partial charge >= 0.3 is 0 Å². The highest BCUT2D eigenvalue weighted by Gasteiger charge is 2.08. The van der Waals surface area contributed by atoms with Crippen LogP contribution in [0.1, 0.15) is 31.7 Å². The van der Waals surface area contributed by atoms with Gasteiger partial charge in [-0.15, -0.1) is 0 Å². The number of pyridine rings is 1. The standard InChI is InChI=1S/C27H28FNO2/c1-3-17-31-24-14-15-25(26(28)18-24)22-10-12-23(13-11-22)27-16-9-21(19-29-27)8-6-4-5-7-20(2)30/h3,6,8-16,18-20,30H,1,4-5,7,17H2,2H3. The van der Waals surface area contributed by atoms with Gasteiger partial charge in [0.25, 0.3) is 0 Å². The van der Waals surface area contributed by atoms with Crippen molar-refractivity contribution in [2.24, 2.45) is 0 Å². The molecule has 0 spiro atoms. The summed E-state index contributed by atoms with van der Waals surface area (Å²) in [5.74, 6) is 0.163. The van der Waals surface area contributed by atoms with Crippen molar-refractivity contribution in [3.63, 3.8) is 0 Å². The first-order valence-corrected chi connectivity index (χ1v) is 10.5. The fourth-order valence-electron chi connectivity index (χ4n) is 3.22. The van der Waals surface area contributed by atoms with E-state index in [1.54, 1.807) is 18.2 Å². The van der Waals surface area contributed by atoms with Gasteiger partial charge in [-0.05, 0) is 55.5 Å². The number of nitrogens with zero attached hydrogens (tertiary/aromatic N) is 1. The molecular formula is C27H28FNO2. The number of rotatable bonds is 10. The Hall–Kier alpha value is -3.24. The van der Waals surface area contributed by atoms with E-state index < -0.39 is 0 Å². The molecule has 0 bridgehead atoms. The number of allylic oxidation sites excluding steroid dienone is 1. The van der Waals surface area contributed by atoms with Gasteiger partial charge in [0.15, 0.2) is 0 Å². The van der Waals surface area contributed by atoms with Gasteiger partial charge in [0.05, 0.1) is 11.8 Å². The highest BCUT2D eigenvalue weighted by Crippen LogP contribution is 2.28. The van der Waals surface area contributed by atoms with E-state index in [4.69, 9.17) is 4.74 Å². The van der Waals surface area contributed by atoms with Crippen molar-refractivity contribution in [3.8, 4) is 28.1 Å². The van der Waals surface area contributed by atoms with Crippen LogP contribution in [0, 0.1) is 5.82 Å². The summed E-state index contributed by atoms with van der Waals surface area (Å²) >= 11 is 0. The van der Waals surface area contributed by atoms with Crippen molar-refractivity contribution in [2.45, 2.75) is 32.3 Å². The quantitative estimate of drug-likeness (QED) is 0.295. The van der Waals surface area contributed by atoms with Gasteiger partial charge in [-0.25, -0.2) is 4.39 Å². The van der Waals surface area contributed by atoms with Crippen LogP contribution in [-0.4, -0.2) is 22.8 Å². The monoisotopic (exact) mass is 417 g/mol. The highest BCUT2D eigenvalue weighted by atomic mass is 19.1. The normalized spacial score (nSPS) is 12.1. The maximum Gasteiger partial charge on any atom is 0.134 e. The lowest BCUT2D eigenvalue weighted by Gasteiger charge is -2.08. The second-order valence-electron chi connectivity index (χ2n) is 7.48. The predicted molar refractivity (Wildman–Crippen MR) is 125 cm³/mol. The molecule has 1 heterocycles. The van der Waals surface area contributed by atoms with E-state index in [1.165, 1.54) is 6.07 Å². The molecule has 3 nitrogen and oxygen atoms in total. The highest BCUT2D eigenvalue weighted by molar-refractivity contribution is 5.70. The molecule has 0 aliphatic rings. The summed E-state index contributed by atoms with van der Waals surface area (Å²) in [4.78, 5) is 4.55. The lowest BCUT2D eigenvalue weighted by molar-refractivity contribution is 0.182. The van der Waals surface area contributed by atoms with E-state index >= 15 is 0 Å². The Kier molecular flexibility index (Phi) is 8.13. The van der Waals surface area contributed by atoms with Crippen LogP contribution in [0.3, 0.4) is 0 Å². The molecule has 0 amide bonds. The third-order valence-corrected chi connectivity index (χ3v) is 4.89. The number of aliphatic hydroxyl groups excluding tert-OH is 1. The summed E-state index contributed by atoms with van der Waals surface area (Å²) in [7, 11) is 0. The first kappa shape index (κ1) is 22.4. The molecule has 1 unspecified atom stereocenters. The molecule has 31 heavy (non-hydrogen) atoms. The molecule has 1 N–H and O–H groups in total. The average molecular weight is 418 g/mol. The number of hydrogen-bond donors (Lipinski definition) is 1. The molecule has 3 rings (SSSR count). The van der Waals surface area contributed by atoms with Crippen LogP contribution < -0.4 is 4.74 Å². The first-order valence-electron chi connectivity index (χ1n) is 10.5. The van der Waals surface area contributed by atoms with Crippen molar-refractivity contribution in [2.75, 3.05) is 6.61 Å². The molecule has 160 valence electrons. The molecule has 0 radical (unpaired) electrons. The fourth-order valence-corrected chi connectivity index (χ4v) is 3.22. The second kappa shape index (κ2) is 11.2. The molecule has 2 aromatic carbocycles. The molecule has 0 fully saturated rings. The lowest BCUT2D eigenvalue weighted by Crippen LogP contribution is -1.97. The van der Waals surface area contributed by atoms with Crippen LogP contribution in [0.4, 0.5) is 4.39 Å². The maximum absolute atomic E-state index is 14.5. The van der Waals surface area contributed by atoms with Gasteiger partial charge < -0.3 is 9.84 Å². The van der Waals surface area contributed by atoms with Gasteiger partial charge in [-0.1, -0.05) is 55.1 Å². The lowest BCUT2D eigenvalue weighted by atomic mass is 10.0. The largest absolute Gasteiger partial charge is 0.489 e. The number of benzene rings is 2. The van der Waals surface area contributed by atoms with E-state index in [0.717, 1.165) is 41.6 Å². The van der Waals surface area contributed by atoms with Crippen LogP contribution in [0.5, 0.6) is 5.75 Å². The Labute approximate surface area is 183 Å². The van der Waals surface area contributed by atoms with Crippen molar-refractivity contribution in [1.82, 2.24) is 4.98 Å². The minimum absolute atomic E-state index is 0.243. The van der Waals surface area contributed by atoms with E-state index in [1.807, 2.05) is 55.6 Å². The Balaban J connectivity index is 1.65. The summed E-state index contributed by atoms with van der Waals surface area (Å²) in [6, 6.07) is 16.6. The van der Waals surface area contributed by atoms with E-state index in [0.29, 0.717) is 17.9 Å². The predicted octanol–water partition coefficient (Wildman–Crippen LogP) is 6.68. The minimum Gasteiger partial charge on any atom is -0.489 e. The smallest absolute Gasteiger partial charge is 0.134 e. The van der Waals surface area contributed by atoms with E-state index in [2.05, 4.69) is 17.6 Å². The zero-order valence-electron chi connectivity index (χ0n) is 17.8. The zero-order chi connectivity index (χ0) is 22.1. The molecule has 1 aromatic heterocycles. The van der Waals surface area contributed by atoms with E-state index in [-0.39, 0.29) is 11.9 Å². The third kappa shape index (κ3) is 6.63. The van der Waals surface area contributed by atoms with Crippen LogP contribution >= 0.6 is 0 Å². The van der Waals surface area contributed by atoms with Crippen LogP contribution in [-0.2, 0) is 0 Å². The van der Waals surface area contributed by atoms with Gasteiger partial charge in [-0.3, -0.25) is 4.98 Å². The Morgan fingerprint density at radius 2 is 1.87 bits per heavy atom. The van der Waals surface area contributed by atoms with Crippen molar-refractivity contribution < 1.29 is 14.2 Å². The molecule has 3 aromatic rings. The number of ether oxygens (including phenoxy) is 1. The number of aliphatic hydroxyl groups is 1. The summed E-state index contributed by atoms with van der Waals surface area (Å²) in [5.41, 5.74) is 4.21. The first-order chi connectivity index (χ1) is 15.1. The topological polar surface area (TPSA) is 42.4 Å². The summed E-state index contributed by atoms with van der Waals surface area (Å²) in [6.07, 6.45) is 10.1. The van der Waals surface area contributed by atoms with Gasteiger partial charge in [0, 0.05) is 23.4 Å². The van der Waals surface area contributed by atoms with Crippen LogP contribution in [0.15, 0.2) is 79.5 Å². The van der Waals surface area contributed by atoms with Gasteiger partial charge in [0.2, 0.25) is 0 Å². The molecule has 1 atom stereocenters. The summed E-state index contributed by atoms with van der Waals surface area (Å²) in [6.45, 7) is 5.75. The summed E-state index contributed by atoms with van der Waals surface area (Å²) < 4.78 is 19.9. The number of hydrogen-bond acceptors (Lipinski definition) is 3. The number of aromatic nitrogens is 1. The van der Waals surface area contributed by atoms with Crippen molar-refractivity contribution in [1.29, 1.82) is 0 Å². The zero-order valence-corrected chi connectivity index (χ0v) is 17.8. The third-order valence-electron chi connectivity index (χ3n) is 4.89. The van der Waals surface area contributed by atoms with Gasteiger partial charge in [-0.2, -0.15) is 0 Å². The Morgan fingerprint density at radius 3 is 2.52 bits per heavy atom. The molecule has 0 aliphatic heterocycles.